The quantitative estimate of drug-likeness (QED) is 0.169. The first-order valence-corrected chi connectivity index (χ1v) is 16.3. The number of nitrogens with zero attached hydrogens (tertiary/aromatic N) is 5. The number of hydrazone groups is 1. The van der Waals surface area contributed by atoms with Crippen LogP contribution in [0, 0.1) is 24.0 Å². The van der Waals surface area contributed by atoms with Gasteiger partial charge in [-0.3, -0.25) is 10.1 Å². The maximum Gasteiger partial charge on any atom is 0.269 e. The fourth-order valence-corrected chi connectivity index (χ4v) is 7.91. The van der Waals surface area contributed by atoms with Gasteiger partial charge in [-0.25, -0.2) is 18.4 Å². The third kappa shape index (κ3) is 5.47. The van der Waals surface area contributed by atoms with Crippen molar-refractivity contribution in [2.24, 2.45) is 5.10 Å². The highest BCUT2D eigenvalue weighted by Gasteiger charge is 2.33. The Hall–Kier alpha value is -3.93. The molecule has 216 valence electrons. The number of piperidine rings is 1. The summed E-state index contributed by atoms with van der Waals surface area (Å²) in [7, 11) is -3.51. The van der Waals surface area contributed by atoms with Crippen LogP contribution in [-0.4, -0.2) is 41.4 Å². The second-order valence-electron chi connectivity index (χ2n) is 10.8. The van der Waals surface area contributed by atoms with Gasteiger partial charge in [-0.15, -0.1) is 11.3 Å². The molecular weight excluding hydrogens is 571 g/mol. The Morgan fingerprint density at radius 3 is 2.48 bits per heavy atom. The third-order valence-corrected chi connectivity index (χ3v) is 10.6. The lowest BCUT2D eigenvalue weighted by molar-refractivity contribution is -0.384. The van der Waals surface area contributed by atoms with E-state index in [4.69, 9.17) is 10.1 Å². The van der Waals surface area contributed by atoms with Crippen LogP contribution < -0.4 is 5.01 Å². The Bertz CT molecular complexity index is 1780. The first-order chi connectivity index (χ1) is 20.2. The van der Waals surface area contributed by atoms with Crippen LogP contribution in [-0.2, 0) is 10.0 Å². The largest absolute Gasteiger partial charge is 0.269 e. The maximum absolute atomic E-state index is 13.1. The van der Waals surface area contributed by atoms with Gasteiger partial charge in [-0.1, -0.05) is 48.4 Å². The van der Waals surface area contributed by atoms with Gasteiger partial charge in [0, 0.05) is 48.2 Å². The van der Waals surface area contributed by atoms with Crippen LogP contribution in [0.4, 0.5) is 10.8 Å². The van der Waals surface area contributed by atoms with Gasteiger partial charge >= 0.3 is 0 Å². The number of hydrogen-bond donors (Lipinski definition) is 0. The summed E-state index contributed by atoms with van der Waals surface area (Å²) in [6.45, 7) is 5.22. The Morgan fingerprint density at radius 2 is 1.74 bits per heavy atom. The van der Waals surface area contributed by atoms with E-state index in [1.165, 1.54) is 17.4 Å². The lowest BCUT2D eigenvalue weighted by Crippen LogP contribution is -2.35. The van der Waals surface area contributed by atoms with Crippen LogP contribution in [0.3, 0.4) is 0 Å². The molecule has 4 aromatic rings. The van der Waals surface area contributed by atoms with Gasteiger partial charge < -0.3 is 0 Å². The van der Waals surface area contributed by atoms with Crippen LogP contribution in [0.25, 0.3) is 11.3 Å². The van der Waals surface area contributed by atoms with Crippen LogP contribution >= 0.6 is 11.3 Å². The molecule has 0 amide bonds. The van der Waals surface area contributed by atoms with Crippen molar-refractivity contribution in [3.05, 3.63) is 104 Å². The molecule has 0 spiro atoms. The summed E-state index contributed by atoms with van der Waals surface area (Å²) in [6.07, 6.45) is 3.41. The van der Waals surface area contributed by atoms with Crippen LogP contribution in [0.15, 0.2) is 82.1 Å². The third-order valence-electron chi connectivity index (χ3n) is 7.87. The minimum absolute atomic E-state index is 0.0343. The highest BCUT2D eigenvalue weighted by molar-refractivity contribution is 7.89. The highest BCUT2D eigenvalue weighted by atomic mass is 32.2. The van der Waals surface area contributed by atoms with Gasteiger partial charge in [-0.05, 0) is 56.0 Å². The zero-order valence-corrected chi connectivity index (χ0v) is 25.1. The maximum atomic E-state index is 13.1. The highest BCUT2D eigenvalue weighted by Crippen LogP contribution is 2.40. The number of rotatable bonds is 7. The van der Waals surface area contributed by atoms with Crippen molar-refractivity contribution in [2.75, 3.05) is 18.1 Å². The van der Waals surface area contributed by atoms with E-state index in [-0.39, 0.29) is 21.5 Å². The molecule has 6 rings (SSSR count). The average Bonchev–Trinajstić information content (AvgIpc) is 3.67. The number of thiazole rings is 1. The fourth-order valence-electron chi connectivity index (χ4n) is 5.56. The molecule has 0 aliphatic carbocycles. The Morgan fingerprint density at radius 1 is 0.976 bits per heavy atom. The molecule has 3 heterocycles. The van der Waals surface area contributed by atoms with Crippen LogP contribution in [0.2, 0.25) is 0 Å². The van der Waals surface area contributed by atoms with E-state index in [1.807, 2.05) is 23.4 Å². The van der Waals surface area contributed by atoms with Gasteiger partial charge in [0.25, 0.3) is 5.69 Å². The van der Waals surface area contributed by atoms with E-state index in [0.29, 0.717) is 30.3 Å². The van der Waals surface area contributed by atoms with E-state index in [1.54, 1.807) is 40.7 Å². The molecule has 9 nitrogen and oxygen atoms in total. The number of aromatic nitrogens is 1. The fraction of sp³-hybridized carbons (Fsp3) is 0.290. The summed E-state index contributed by atoms with van der Waals surface area (Å²) >= 11 is 1.43. The molecule has 2 aliphatic heterocycles. The normalized spacial score (nSPS) is 17.8. The molecule has 0 N–H and O–H groups in total. The van der Waals surface area contributed by atoms with Gasteiger partial charge in [0.2, 0.25) is 15.2 Å². The SMILES string of the molecule is Cc1ccc(C)c(C2=NN(c3nc(-c4ccc(S(=O)(=O)N5CCCCC5)cc4)cs3)C(c3cccc([N+](=O)[O-])c3)C2)c1. The Kier molecular flexibility index (Phi) is 7.65. The molecule has 1 aromatic heterocycles. The summed E-state index contributed by atoms with van der Waals surface area (Å²) in [6, 6.07) is 19.6. The molecular formula is C31H31N5O4S2. The van der Waals surface area contributed by atoms with Crippen molar-refractivity contribution in [1.29, 1.82) is 0 Å². The van der Waals surface area contributed by atoms with Gasteiger partial charge in [0.05, 0.1) is 27.3 Å². The summed E-state index contributed by atoms with van der Waals surface area (Å²) < 4.78 is 27.8. The van der Waals surface area contributed by atoms with Gasteiger partial charge in [0.1, 0.15) is 0 Å². The average molecular weight is 602 g/mol. The van der Waals surface area contributed by atoms with Crippen molar-refractivity contribution >= 4 is 37.9 Å². The van der Waals surface area contributed by atoms with Crippen molar-refractivity contribution in [3.63, 3.8) is 0 Å². The topological polar surface area (TPSA) is 109 Å². The number of hydrogen-bond acceptors (Lipinski definition) is 8. The summed E-state index contributed by atoms with van der Waals surface area (Å²) in [5.41, 5.74) is 6.53. The zero-order chi connectivity index (χ0) is 29.4. The van der Waals surface area contributed by atoms with Crippen molar-refractivity contribution in [2.45, 2.75) is 50.5 Å². The summed E-state index contributed by atoms with van der Waals surface area (Å²) in [5, 5.41) is 21.0. The van der Waals surface area contributed by atoms with Crippen molar-refractivity contribution in [1.82, 2.24) is 9.29 Å². The molecule has 1 unspecified atom stereocenters. The molecule has 42 heavy (non-hydrogen) atoms. The van der Waals surface area contributed by atoms with E-state index in [2.05, 4.69) is 25.1 Å². The van der Waals surface area contributed by atoms with E-state index >= 15 is 0 Å². The molecule has 0 bridgehead atoms. The molecule has 1 atom stereocenters. The first-order valence-electron chi connectivity index (χ1n) is 14.0. The van der Waals surface area contributed by atoms with Crippen molar-refractivity contribution in [3.8, 4) is 11.3 Å². The van der Waals surface area contributed by atoms with Crippen molar-refractivity contribution < 1.29 is 13.3 Å². The second-order valence-corrected chi connectivity index (χ2v) is 13.6. The van der Waals surface area contributed by atoms with E-state index in [9.17, 15) is 18.5 Å². The monoisotopic (exact) mass is 601 g/mol. The number of anilines is 1. The lowest BCUT2D eigenvalue weighted by Gasteiger charge is -2.25. The number of non-ortho nitro benzene ring substituents is 1. The first kappa shape index (κ1) is 28.2. The number of sulfonamides is 1. The number of nitro benzene ring substituents is 1. The molecule has 0 radical (unpaired) electrons. The minimum atomic E-state index is -3.51. The van der Waals surface area contributed by atoms with Gasteiger partial charge in [-0.2, -0.15) is 9.41 Å². The number of nitro groups is 1. The van der Waals surface area contributed by atoms with Crippen LogP contribution in [0.1, 0.15) is 54.0 Å². The predicted octanol–water partition coefficient (Wildman–Crippen LogP) is 6.87. The number of aryl methyl sites for hydroxylation is 2. The lowest BCUT2D eigenvalue weighted by atomic mass is 9.95. The summed E-state index contributed by atoms with van der Waals surface area (Å²) in [5.74, 6) is 0. The standard InChI is InChI=1S/C31H31N5O4S2/c1-21-9-10-22(2)27(17-21)28-19-30(24-7-6-8-25(18-24)36(37)38)35(33-28)31-32-29(20-41-31)23-11-13-26(14-12-23)42(39,40)34-15-4-3-5-16-34/h6-14,17-18,20,30H,3-5,15-16,19H2,1-2H3. The second kappa shape index (κ2) is 11.4. The molecule has 2 aliphatic rings. The smallest absolute Gasteiger partial charge is 0.258 e. The Balaban J connectivity index is 1.33. The summed E-state index contributed by atoms with van der Waals surface area (Å²) in [4.78, 5) is 16.3. The molecule has 0 saturated carbocycles. The minimum Gasteiger partial charge on any atom is -0.258 e. The molecule has 3 aromatic carbocycles. The molecule has 1 saturated heterocycles. The molecule has 11 heteroatoms. The molecule has 1 fully saturated rings. The number of benzene rings is 3. The van der Waals surface area contributed by atoms with Gasteiger partial charge in [0.15, 0.2) is 0 Å². The predicted molar refractivity (Wildman–Crippen MR) is 166 cm³/mol. The Labute approximate surface area is 249 Å². The van der Waals surface area contributed by atoms with E-state index in [0.717, 1.165) is 52.8 Å². The zero-order valence-electron chi connectivity index (χ0n) is 23.4. The van der Waals surface area contributed by atoms with Crippen LogP contribution in [0.5, 0.6) is 0 Å². The van der Waals surface area contributed by atoms with E-state index < -0.39 is 10.0 Å².